The van der Waals surface area contributed by atoms with Gasteiger partial charge in [-0.15, -0.1) is 11.3 Å². The fraction of sp³-hybridized carbons (Fsp3) is 0.600. The monoisotopic (exact) mass is 274 g/mol. The van der Waals surface area contributed by atoms with E-state index in [-0.39, 0.29) is 6.04 Å². The molecule has 3 N–H and O–H groups in total. The summed E-state index contributed by atoms with van der Waals surface area (Å²) in [5.41, 5.74) is 6.15. The fourth-order valence-electron chi connectivity index (χ4n) is 1.91. The van der Waals surface area contributed by atoms with E-state index in [1.165, 1.54) is 11.3 Å². The average molecular weight is 275 g/mol. The zero-order valence-corrected chi connectivity index (χ0v) is 10.4. The molecular formula is C10H15BrN2S. The molecule has 1 aromatic rings. The number of nitrogens with one attached hydrogen (secondary N) is 1. The van der Waals surface area contributed by atoms with Gasteiger partial charge >= 0.3 is 0 Å². The van der Waals surface area contributed by atoms with Gasteiger partial charge in [-0.3, -0.25) is 0 Å². The summed E-state index contributed by atoms with van der Waals surface area (Å²) in [5.74, 6) is 0.769. The van der Waals surface area contributed by atoms with Crippen molar-refractivity contribution < 1.29 is 0 Å². The van der Waals surface area contributed by atoms with Gasteiger partial charge in [-0.1, -0.05) is 0 Å². The van der Waals surface area contributed by atoms with Crippen molar-refractivity contribution in [3.8, 4) is 0 Å². The normalized spacial score (nSPS) is 24.0. The maximum absolute atomic E-state index is 6.15. The van der Waals surface area contributed by atoms with Crippen LogP contribution in [0.2, 0.25) is 0 Å². The SMILES string of the molecule is NC(CC1CCNC1)c1cc(Br)cs1. The molecule has 4 heteroatoms. The van der Waals surface area contributed by atoms with Crippen LogP contribution in [-0.2, 0) is 0 Å². The Morgan fingerprint density at radius 2 is 2.57 bits per heavy atom. The van der Waals surface area contributed by atoms with Gasteiger partial charge in [0.15, 0.2) is 0 Å². The predicted molar refractivity (Wildman–Crippen MR) is 64.5 cm³/mol. The highest BCUT2D eigenvalue weighted by Gasteiger charge is 2.19. The summed E-state index contributed by atoms with van der Waals surface area (Å²) in [6, 6.07) is 2.36. The molecule has 2 unspecified atom stereocenters. The van der Waals surface area contributed by atoms with Crippen molar-refractivity contribution in [3.63, 3.8) is 0 Å². The van der Waals surface area contributed by atoms with Crippen LogP contribution in [0, 0.1) is 5.92 Å². The highest BCUT2D eigenvalue weighted by atomic mass is 79.9. The van der Waals surface area contributed by atoms with Crippen molar-refractivity contribution in [2.24, 2.45) is 11.7 Å². The summed E-state index contributed by atoms with van der Waals surface area (Å²) in [6.45, 7) is 2.30. The molecule has 0 saturated carbocycles. The fourth-order valence-corrected chi connectivity index (χ4v) is 3.37. The third kappa shape index (κ3) is 2.57. The maximum atomic E-state index is 6.15. The van der Waals surface area contributed by atoms with Gasteiger partial charge in [0.2, 0.25) is 0 Å². The van der Waals surface area contributed by atoms with Crippen LogP contribution in [0.4, 0.5) is 0 Å². The molecular weight excluding hydrogens is 260 g/mol. The topological polar surface area (TPSA) is 38.0 Å². The molecule has 2 heterocycles. The van der Waals surface area contributed by atoms with Crippen LogP contribution in [0.15, 0.2) is 15.9 Å². The van der Waals surface area contributed by atoms with Crippen molar-refractivity contribution in [1.82, 2.24) is 5.32 Å². The summed E-state index contributed by atoms with van der Waals surface area (Å²) >= 11 is 5.20. The van der Waals surface area contributed by atoms with E-state index < -0.39 is 0 Å². The van der Waals surface area contributed by atoms with Crippen molar-refractivity contribution in [3.05, 3.63) is 20.8 Å². The molecule has 1 aromatic heterocycles. The first kappa shape index (κ1) is 10.6. The zero-order valence-electron chi connectivity index (χ0n) is 8.00. The molecule has 0 aliphatic carbocycles. The van der Waals surface area contributed by atoms with E-state index in [1.54, 1.807) is 11.3 Å². The Labute approximate surface area is 97.0 Å². The number of thiophene rings is 1. The molecule has 1 aliphatic heterocycles. The van der Waals surface area contributed by atoms with Crippen molar-refractivity contribution in [2.45, 2.75) is 18.9 Å². The van der Waals surface area contributed by atoms with Gasteiger partial charge in [0.25, 0.3) is 0 Å². The van der Waals surface area contributed by atoms with Crippen molar-refractivity contribution in [1.29, 1.82) is 0 Å². The summed E-state index contributed by atoms with van der Waals surface area (Å²) < 4.78 is 1.15. The lowest BCUT2D eigenvalue weighted by Gasteiger charge is -2.13. The van der Waals surface area contributed by atoms with Gasteiger partial charge in [0.05, 0.1) is 0 Å². The zero-order chi connectivity index (χ0) is 9.97. The average Bonchev–Trinajstić information content (AvgIpc) is 2.75. The highest BCUT2D eigenvalue weighted by molar-refractivity contribution is 9.10. The van der Waals surface area contributed by atoms with Crippen LogP contribution in [0.1, 0.15) is 23.8 Å². The Hall–Kier alpha value is 0.1000. The molecule has 2 atom stereocenters. The molecule has 0 aromatic carbocycles. The number of hydrogen-bond donors (Lipinski definition) is 2. The van der Waals surface area contributed by atoms with Gasteiger partial charge < -0.3 is 11.1 Å². The van der Waals surface area contributed by atoms with E-state index in [1.807, 2.05) is 0 Å². The van der Waals surface area contributed by atoms with E-state index in [2.05, 4.69) is 32.7 Å². The Bertz CT molecular complexity index is 294. The van der Waals surface area contributed by atoms with Crippen LogP contribution in [0.3, 0.4) is 0 Å². The molecule has 0 bridgehead atoms. The molecule has 1 fully saturated rings. The molecule has 2 rings (SSSR count). The Balaban J connectivity index is 1.91. The van der Waals surface area contributed by atoms with Crippen molar-refractivity contribution in [2.75, 3.05) is 13.1 Å². The number of halogens is 1. The Kier molecular flexibility index (Phi) is 3.60. The van der Waals surface area contributed by atoms with E-state index in [9.17, 15) is 0 Å². The first-order valence-electron chi connectivity index (χ1n) is 4.96. The van der Waals surface area contributed by atoms with E-state index >= 15 is 0 Å². The third-order valence-electron chi connectivity index (χ3n) is 2.70. The van der Waals surface area contributed by atoms with E-state index in [0.29, 0.717) is 0 Å². The minimum atomic E-state index is 0.219. The predicted octanol–water partition coefficient (Wildman–Crippen LogP) is 2.51. The van der Waals surface area contributed by atoms with Gasteiger partial charge in [-0.05, 0) is 53.8 Å². The molecule has 0 amide bonds. The summed E-state index contributed by atoms with van der Waals surface area (Å²) in [4.78, 5) is 1.30. The summed E-state index contributed by atoms with van der Waals surface area (Å²) in [7, 11) is 0. The van der Waals surface area contributed by atoms with Crippen molar-refractivity contribution >= 4 is 27.3 Å². The number of nitrogens with two attached hydrogens (primary N) is 1. The smallest absolute Gasteiger partial charge is 0.0393 e. The molecule has 0 spiro atoms. The highest BCUT2D eigenvalue weighted by Crippen LogP contribution is 2.29. The molecule has 0 radical (unpaired) electrons. The molecule has 2 nitrogen and oxygen atoms in total. The second-order valence-corrected chi connectivity index (χ2v) is 5.73. The summed E-state index contributed by atoms with van der Waals surface area (Å²) in [5, 5.41) is 5.47. The second-order valence-electron chi connectivity index (χ2n) is 3.87. The standard InChI is InChI=1S/C10H15BrN2S/c11-8-4-10(14-6-8)9(12)3-7-1-2-13-5-7/h4,6-7,9,13H,1-3,5,12H2. The van der Waals surface area contributed by atoms with E-state index in [0.717, 1.165) is 29.9 Å². The Morgan fingerprint density at radius 3 is 3.14 bits per heavy atom. The lowest BCUT2D eigenvalue weighted by Crippen LogP contribution is -2.16. The second kappa shape index (κ2) is 4.75. The van der Waals surface area contributed by atoms with Gasteiger partial charge in [0.1, 0.15) is 0 Å². The number of rotatable bonds is 3. The quantitative estimate of drug-likeness (QED) is 0.889. The van der Waals surface area contributed by atoms with Crippen LogP contribution in [0.5, 0.6) is 0 Å². The largest absolute Gasteiger partial charge is 0.323 e. The summed E-state index contributed by atoms with van der Waals surface area (Å²) in [6.07, 6.45) is 2.39. The van der Waals surface area contributed by atoms with Gasteiger partial charge in [0, 0.05) is 20.8 Å². The number of hydrogen-bond acceptors (Lipinski definition) is 3. The minimum Gasteiger partial charge on any atom is -0.323 e. The van der Waals surface area contributed by atoms with Gasteiger partial charge in [-0.25, -0.2) is 0 Å². The van der Waals surface area contributed by atoms with Gasteiger partial charge in [-0.2, -0.15) is 0 Å². The van der Waals surface area contributed by atoms with Crippen LogP contribution in [0.25, 0.3) is 0 Å². The molecule has 78 valence electrons. The molecule has 1 aliphatic rings. The minimum absolute atomic E-state index is 0.219. The first-order chi connectivity index (χ1) is 6.75. The van der Waals surface area contributed by atoms with Crippen LogP contribution in [-0.4, -0.2) is 13.1 Å². The van der Waals surface area contributed by atoms with Crippen LogP contribution < -0.4 is 11.1 Å². The Morgan fingerprint density at radius 1 is 1.71 bits per heavy atom. The first-order valence-corrected chi connectivity index (χ1v) is 6.63. The maximum Gasteiger partial charge on any atom is 0.0393 e. The lowest BCUT2D eigenvalue weighted by molar-refractivity contribution is 0.476. The van der Waals surface area contributed by atoms with Crippen LogP contribution >= 0.6 is 27.3 Å². The lowest BCUT2D eigenvalue weighted by atomic mass is 9.99. The molecule has 1 saturated heterocycles. The third-order valence-corrected chi connectivity index (χ3v) is 4.53. The van der Waals surface area contributed by atoms with E-state index in [4.69, 9.17) is 5.73 Å². The molecule has 14 heavy (non-hydrogen) atoms.